The van der Waals surface area contributed by atoms with Crippen LogP contribution in [0, 0.1) is 13.8 Å². The van der Waals surface area contributed by atoms with Crippen molar-refractivity contribution in [2.24, 2.45) is 0 Å². The molecule has 2 rings (SSSR count). The Balaban J connectivity index is 0. The number of carbonyl (C=O) groups is 2. The van der Waals surface area contributed by atoms with Gasteiger partial charge in [-0.05, 0) is 24.3 Å². The molecule has 0 spiro atoms. The molecule has 2 aromatic carbocycles. The van der Waals surface area contributed by atoms with Crippen molar-refractivity contribution in [1.29, 1.82) is 0 Å². The molecule has 0 heterocycles. The molecule has 0 saturated heterocycles. The SMILES string of the molecule is C=C(C(=O)OC[CH2-])c1ccccc1.C=C(Cc1ccccc1)C(=O)OC[CH2-].[Rf].[Rf]. The third-order valence-electron chi connectivity index (χ3n) is 3.38. The van der Waals surface area contributed by atoms with Gasteiger partial charge in [0.2, 0.25) is 0 Å². The summed E-state index contributed by atoms with van der Waals surface area (Å²) < 4.78 is 9.43. The first kappa shape index (κ1) is 26.1. The van der Waals surface area contributed by atoms with Crippen molar-refractivity contribution in [1.82, 2.24) is 0 Å². The third-order valence-corrected chi connectivity index (χ3v) is 3.38. The Kier molecular flexibility index (Phi) is 12.7. The van der Waals surface area contributed by atoms with Gasteiger partial charge in [-0.25, -0.2) is 9.59 Å². The molecule has 0 aromatic heterocycles. The topological polar surface area (TPSA) is 52.6 Å². The normalized spacial score (nSPS) is 8.76. The van der Waals surface area contributed by atoms with E-state index in [1.165, 1.54) is 0 Å². The van der Waals surface area contributed by atoms with Crippen molar-refractivity contribution < 1.29 is 19.1 Å². The maximum Gasteiger partial charge on any atom is 0.335 e. The van der Waals surface area contributed by atoms with Gasteiger partial charge < -0.3 is 23.3 Å². The summed E-state index contributed by atoms with van der Waals surface area (Å²) in [4.78, 5) is 22.4. The number of benzene rings is 2. The quantitative estimate of drug-likeness (QED) is 0.238. The van der Waals surface area contributed by atoms with Crippen LogP contribution in [0.3, 0.4) is 0 Å². The van der Waals surface area contributed by atoms with Crippen LogP contribution in [0.5, 0.6) is 0 Å². The molecule has 0 aliphatic heterocycles. The maximum atomic E-state index is 11.2. The molecule has 146 valence electrons. The number of carbonyl (C=O) groups excluding carboxylic acids is 2. The van der Waals surface area contributed by atoms with E-state index in [-0.39, 0.29) is 19.2 Å². The van der Waals surface area contributed by atoms with Crippen molar-refractivity contribution in [3.63, 3.8) is 0 Å². The van der Waals surface area contributed by atoms with Crippen LogP contribution < -0.4 is 0 Å². The van der Waals surface area contributed by atoms with Crippen molar-refractivity contribution >= 4 is 17.5 Å². The predicted molar refractivity (Wildman–Crippen MR) is 107 cm³/mol. The van der Waals surface area contributed by atoms with Gasteiger partial charge in [0.1, 0.15) is 0 Å². The van der Waals surface area contributed by atoms with Crippen LogP contribution in [0.25, 0.3) is 5.57 Å². The van der Waals surface area contributed by atoms with E-state index in [1.807, 2.05) is 60.7 Å². The van der Waals surface area contributed by atoms with Gasteiger partial charge in [-0.1, -0.05) is 73.8 Å². The summed E-state index contributed by atoms with van der Waals surface area (Å²) in [7, 11) is 0. The Morgan fingerprint density at radius 3 is 1.69 bits per heavy atom. The van der Waals surface area contributed by atoms with Gasteiger partial charge in [0.05, 0.1) is 5.57 Å². The molecule has 0 amide bonds. The monoisotopic (exact) mass is 898 g/mol. The zero-order chi connectivity index (χ0) is 20.1. The van der Waals surface area contributed by atoms with Gasteiger partial charge in [-0.3, -0.25) is 0 Å². The molecule has 0 aliphatic carbocycles. The smallest absolute Gasteiger partial charge is 0.335 e. The molecule has 4 nitrogen and oxygen atoms in total. The Morgan fingerprint density at radius 1 is 0.759 bits per heavy atom. The Morgan fingerprint density at radius 2 is 1.21 bits per heavy atom. The molecule has 0 aliphatic rings. The molecule has 0 unspecified atom stereocenters. The molecule has 0 saturated carbocycles. The fourth-order valence-electron chi connectivity index (χ4n) is 2.05. The van der Waals surface area contributed by atoms with Crippen LogP contribution in [-0.2, 0) is 25.5 Å². The van der Waals surface area contributed by atoms with E-state index in [0.717, 1.165) is 11.1 Å². The first-order chi connectivity index (χ1) is 13.0. The van der Waals surface area contributed by atoms with Gasteiger partial charge >= 0.3 is 11.9 Å². The first-order valence-corrected chi connectivity index (χ1v) is 8.38. The molecular formula is C23H24O4Rf2-2. The molecular weight excluding hydrogens is 874 g/mol. The van der Waals surface area contributed by atoms with E-state index >= 15 is 0 Å². The fourth-order valence-corrected chi connectivity index (χ4v) is 2.05. The molecule has 0 atom stereocenters. The average Bonchev–Trinajstić information content (AvgIpc) is 2.69. The molecule has 0 fully saturated rings. The van der Waals surface area contributed by atoms with E-state index in [4.69, 9.17) is 9.47 Å². The van der Waals surface area contributed by atoms with Crippen LogP contribution in [-0.4, -0.2) is 25.2 Å². The minimum absolute atomic E-state index is 0. The minimum atomic E-state index is -0.416. The Labute approximate surface area is 161 Å². The number of esters is 2. The van der Waals surface area contributed by atoms with Crippen LogP contribution in [0.1, 0.15) is 11.1 Å². The van der Waals surface area contributed by atoms with E-state index in [9.17, 15) is 9.59 Å². The zero-order valence-electron chi connectivity index (χ0n) is 16.8. The average molecular weight is 898 g/mol. The van der Waals surface area contributed by atoms with Crippen LogP contribution in [0.2, 0.25) is 0 Å². The second-order valence-corrected chi connectivity index (χ2v) is 5.38. The van der Waals surface area contributed by atoms with Gasteiger partial charge in [-0.2, -0.15) is 0 Å². The van der Waals surface area contributed by atoms with E-state index in [2.05, 4.69) is 27.0 Å². The van der Waals surface area contributed by atoms with Crippen molar-refractivity contribution in [2.45, 2.75) is 6.42 Å². The maximum absolute atomic E-state index is 11.2. The summed E-state index contributed by atoms with van der Waals surface area (Å²) in [5.74, 6) is -0.787. The van der Waals surface area contributed by atoms with Crippen molar-refractivity contribution in [3.05, 3.63) is 104 Å². The predicted octanol–water partition coefficient (Wildman–Crippen LogP) is 4.24. The van der Waals surface area contributed by atoms with Crippen LogP contribution in [0.15, 0.2) is 79.4 Å². The second-order valence-electron chi connectivity index (χ2n) is 5.38. The van der Waals surface area contributed by atoms with Gasteiger partial charge in [-0.15, -0.1) is 0 Å². The summed E-state index contributed by atoms with van der Waals surface area (Å²) in [6.45, 7) is 14.4. The number of rotatable bonds is 7. The molecule has 0 radical (unpaired) electrons. The molecule has 6 heteroatoms. The van der Waals surface area contributed by atoms with Crippen molar-refractivity contribution in [2.75, 3.05) is 13.2 Å². The zero-order valence-corrected chi connectivity index (χ0v) is 29.6. The largest absolute Gasteiger partial charge is 0.495 e. The van der Waals surface area contributed by atoms with Gasteiger partial charge in [0.15, 0.2) is 0 Å². The minimum Gasteiger partial charge on any atom is -0.495 e. The number of hydrogen-bond donors (Lipinski definition) is 0. The van der Waals surface area contributed by atoms with E-state index in [0.29, 0.717) is 17.6 Å². The molecule has 0 bridgehead atoms. The summed E-state index contributed by atoms with van der Waals surface area (Å²) in [5, 5.41) is 0. The Hall–Kier alpha value is -5.14. The fraction of sp³-hybridized carbons (Fsp3) is 0.130. The summed E-state index contributed by atoms with van der Waals surface area (Å²) in [6, 6.07) is 18.9. The first-order valence-electron chi connectivity index (χ1n) is 8.38. The van der Waals surface area contributed by atoms with Crippen LogP contribution >= 0.6 is 0 Å². The number of hydrogen-bond acceptors (Lipinski definition) is 4. The standard InChI is InChI=1S/C12H13O2.C11H11O2.2Rf/c1-3-14-12(13)10(2)9-11-7-5-4-6-8-11;1-3-13-11(12)9(2)10-7-5-4-6-8-10;;/h4-8H,1-3,9H2;4-8H,1-3H2;;/q2*-1;;. The second kappa shape index (κ2) is 14.1. The molecule has 29 heavy (non-hydrogen) atoms. The third kappa shape index (κ3) is 9.21. The number of ether oxygens (including phenoxy) is 2. The summed E-state index contributed by atoms with van der Waals surface area (Å²) >= 11 is 0. The summed E-state index contributed by atoms with van der Waals surface area (Å²) in [5.41, 5.74) is 2.66. The molecule has 2 aromatic rings. The molecule has 0 N–H and O–H groups in total. The summed E-state index contributed by atoms with van der Waals surface area (Å²) in [6.07, 6.45) is 0.527. The van der Waals surface area contributed by atoms with Crippen molar-refractivity contribution in [3.8, 4) is 0 Å². The van der Waals surface area contributed by atoms with Gasteiger partial charge in [0, 0.05) is 12.0 Å². The van der Waals surface area contributed by atoms with Crippen LogP contribution in [0.4, 0.5) is 0 Å². The van der Waals surface area contributed by atoms with E-state index in [1.54, 1.807) is 0 Å². The van der Waals surface area contributed by atoms with E-state index < -0.39 is 5.97 Å². The van der Waals surface area contributed by atoms with Gasteiger partial charge in [0.25, 0.3) is 0 Å². The Bertz CT molecular complexity index is 759.